The summed E-state index contributed by atoms with van der Waals surface area (Å²) in [6.45, 7) is 6.14. The average molecular weight is 354 g/mol. The molecule has 4 nitrogen and oxygen atoms in total. The Bertz CT molecular complexity index is 854. The highest BCUT2D eigenvalue weighted by atomic mass is 16.5. The van der Waals surface area contributed by atoms with Crippen LogP contribution in [0.3, 0.4) is 0 Å². The van der Waals surface area contributed by atoms with Crippen molar-refractivity contribution in [1.29, 1.82) is 0 Å². The summed E-state index contributed by atoms with van der Waals surface area (Å²) in [5.74, 6) is 1.76. The molecular formula is C22H26O4. The molecule has 0 fully saturated rings. The van der Waals surface area contributed by atoms with E-state index < -0.39 is 5.60 Å². The van der Waals surface area contributed by atoms with E-state index in [1.165, 1.54) is 5.56 Å². The first kappa shape index (κ1) is 18.3. The molecular weight excluding hydrogens is 328 g/mol. The van der Waals surface area contributed by atoms with Gasteiger partial charge in [-0.15, -0.1) is 0 Å². The maximum absolute atomic E-state index is 9.71. The minimum absolute atomic E-state index is 0.0349. The van der Waals surface area contributed by atoms with Gasteiger partial charge in [0.15, 0.2) is 0 Å². The van der Waals surface area contributed by atoms with Gasteiger partial charge in [0.1, 0.15) is 22.8 Å². The van der Waals surface area contributed by atoms with Gasteiger partial charge in [0.25, 0.3) is 0 Å². The Morgan fingerprint density at radius 1 is 1.15 bits per heavy atom. The van der Waals surface area contributed by atoms with Gasteiger partial charge in [-0.2, -0.15) is 0 Å². The molecule has 1 heterocycles. The Kier molecular flexibility index (Phi) is 4.97. The van der Waals surface area contributed by atoms with Crippen LogP contribution in [0, 0.1) is 13.8 Å². The zero-order valence-electron chi connectivity index (χ0n) is 15.8. The van der Waals surface area contributed by atoms with Gasteiger partial charge in [-0.05, 0) is 80.6 Å². The van der Waals surface area contributed by atoms with Crippen LogP contribution in [-0.4, -0.2) is 22.9 Å². The number of phenols is 1. The van der Waals surface area contributed by atoms with Crippen LogP contribution in [0.15, 0.2) is 30.3 Å². The zero-order valence-corrected chi connectivity index (χ0v) is 15.8. The van der Waals surface area contributed by atoms with Crippen LogP contribution in [-0.2, 0) is 13.0 Å². The lowest BCUT2D eigenvalue weighted by Crippen LogP contribution is -2.32. The SMILES string of the molecule is COc1cc(C)c(CCC2(C)C=Cc3cc(O)ccc3O2)c(C)c1CO. The predicted molar refractivity (Wildman–Crippen MR) is 103 cm³/mol. The number of benzene rings is 2. The summed E-state index contributed by atoms with van der Waals surface area (Å²) >= 11 is 0. The standard InChI is InChI=1S/C22H26O4/c1-14-11-21(25-4)19(13-23)15(2)18(14)8-10-22(3)9-7-16-12-17(24)5-6-20(16)26-22/h5-7,9,11-12,23-24H,8,10,13H2,1-4H3. The molecule has 0 saturated heterocycles. The number of hydrogen-bond donors (Lipinski definition) is 2. The first-order valence-corrected chi connectivity index (χ1v) is 8.85. The summed E-state index contributed by atoms with van der Waals surface area (Å²) in [5, 5.41) is 19.3. The smallest absolute Gasteiger partial charge is 0.128 e. The second kappa shape index (κ2) is 7.04. The summed E-state index contributed by atoms with van der Waals surface area (Å²) in [6.07, 6.45) is 5.70. The minimum atomic E-state index is -0.415. The second-order valence-corrected chi connectivity index (χ2v) is 7.11. The fraction of sp³-hybridized carbons (Fsp3) is 0.364. The van der Waals surface area contributed by atoms with Crippen molar-refractivity contribution in [1.82, 2.24) is 0 Å². The van der Waals surface area contributed by atoms with E-state index >= 15 is 0 Å². The largest absolute Gasteiger partial charge is 0.508 e. The van der Waals surface area contributed by atoms with Gasteiger partial charge in [0.2, 0.25) is 0 Å². The first-order valence-electron chi connectivity index (χ1n) is 8.85. The van der Waals surface area contributed by atoms with Gasteiger partial charge in [-0.1, -0.05) is 6.08 Å². The van der Waals surface area contributed by atoms with Crippen LogP contribution >= 0.6 is 0 Å². The van der Waals surface area contributed by atoms with Crippen molar-refractivity contribution in [3.05, 3.63) is 58.2 Å². The molecule has 1 unspecified atom stereocenters. The molecule has 1 aliphatic rings. The summed E-state index contributed by atoms with van der Waals surface area (Å²) < 4.78 is 11.6. The molecule has 0 aliphatic carbocycles. The Balaban J connectivity index is 1.83. The molecule has 0 amide bonds. The maximum Gasteiger partial charge on any atom is 0.128 e. The number of fused-ring (bicyclic) bond motifs is 1. The maximum atomic E-state index is 9.71. The van der Waals surface area contributed by atoms with Crippen molar-refractivity contribution in [2.45, 2.75) is 45.8 Å². The molecule has 138 valence electrons. The lowest BCUT2D eigenvalue weighted by molar-refractivity contribution is 0.127. The second-order valence-electron chi connectivity index (χ2n) is 7.11. The molecule has 1 aliphatic heterocycles. The third-order valence-electron chi connectivity index (χ3n) is 5.23. The van der Waals surface area contributed by atoms with Crippen LogP contribution in [0.2, 0.25) is 0 Å². The van der Waals surface area contributed by atoms with Crippen LogP contribution in [0.25, 0.3) is 6.08 Å². The zero-order chi connectivity index (χ0) is 18.9. The van der Waals surface area contributed by atoms with Crippen LogP contribution in [0.1, 0.15) is 41.2 Å². The predicted octanol–water partition coefficient (Wildman–Crippen LogP) is 4.31. The monoisotopic (exact) mass is 354 g/mol. The number of aliphatic hydroxyl groups excluding tert-OH is 1. The molecule has 2 aromatic carbocycles. The number of aromatic hydroxyl groups is 1. The van der Waals surface area contributed by atoms with Crippen molar-refractivity contribution in [3.63, 3.8) is 0 Å². The van der Waals surface area contributed by atoms with Crippen LogP contribution in [0.5, 0.6) is 17.2 Å². The number of rotatable bonds is 5. The fourth-order valence-electron chi connectivity index (χ4n) is 3.61. The molecule has 2 aromatic rings. The van der Waals surface area contributed by atoms with E-state index in [2.05, 4.69) is 19.9 Å². The van der Waals surface area contributed by atoms with E-state index in [4.69, 9.17) is 9.47 Å². The minimum Gasteiger partial charge on any atom is -0.508 e. The molecule has 0 aromatic heterocycles. The fourth-order valence-corrected chi connectivity index (χ4v) is 3.61. The molecule has 1 atom stereocenters. The highest BCUT2D eigenvalue weighted by Crippen LogP contribution is 2.36. The number of phenolic OH excluding ortho intramolecular Hbond substituents is 1. The summed E-state index contributed by atoms with van der Waals surface area (Å²) in [4.78, 5) is 0. The summed E-state index contributed by atoms with van der Waals surface area (Å²) in [5.41, 5.74) is 4.79. The van der Waals surface area contributed by atoms with E-state index in [-0.39, 0.29) is 12.4 Å². The number of aliphatic hydroxyl groups is 1. The Morgan fingerprint density at radius 3 is 2.62 bits per heavy atom. The lowest BCUT2D eigenvalue weighted by Gasteiger charge is -2.32. The van der Waals surface area contributed by atoms with E-state index in [0.717, 1.165) is 46.6 Å². The van der Waals surface area contributed by atoms with Gasteiger partial charge in [-0.3, -0.25) is 0 Å². The molecule has 0 bridgehead atoms. The third kappa shape index (κ3) is 3.42. The van der Waals surface area contributed by atoms with Crippen LogP contribution in [0.4, 0.5) is 0 Å². The van der Waals surface area contributed by atoms with Crippen molar-refractivity contribution >= 4 is 6.08 Å². The Morgan fingerprint density at radius 2 is 1.92 bits per heavy atom. The topological polar surface area (TPSA) is 58.9 Å². The van der Waals surface area contributed by atoms with Gasteiger partial charge in [0.05, 0.1) is 13.7 Å². The van der Waals surface area contributed by atoms with Gasteiger partial charge in [-0.25, -0.2) is 0 Å². The van der Waals surface area contributed by atoms with E-state index in [9.17, 15) is 10.2 Å². The average Bonchev–Trinajstić information content (AvgIpc) is 2.61. The molecule has 26 heavy (non-hydrogen) atoms. The Hall–Kier alpha value is -2.46. The molecule has 4 heteroatoms. The van der Waals surface area contributed by atoms with Crippen molar-refractivity contribution in [2.75, 3.05) is 7.11 Å². The normalized spacial score (nSPS) is 18.3. The number of hydrogen-bond acceptors (Lipinski definition) is 4. The molecule has 3 rings (SSSR count). The lowest BCUT2D eigenvalue weighted by atomic mass is 9.88. The van der Waals surface area contributed by atoms with Gasteiger partial charge < -0.3 is 19.7 Å². The molecule has 2 N–H and O–H groups in total. The molecule has 0 radical (unpaired) electrons. The molecule has 0 spiro atoms. The quantitative estimate of drug-likeness (QED) is 0.840. The van der Waals surface area contributed by atoms with Crippen LogP contribution < -0.4 is 9.47 Å². The third-order valence-corrected chi connectivity index (χ3v) is 5.23. The van der Waals surface area contributed by atoms with Crippen molar-refractivity contribution < 1.29 is 19.7 Å². The van der Waals surface area contributed by atoms with E-state index in [1.54, 1.807) is 25.3 Å². The summed E-state index contributed by atoms with van der Waals surface area (Å²) in [6, 6.07) is 7.15. The first-order chi connectivity index (χ1) is 12.4. The number of ether oxygens (including phenoxy) is 2. The van der Waals surface area contributed by atoms with Crippen molar-refractivity contribution in [3.8, 4) is 17.2 Å². The summed E-state index contributed by atoms with van der Waals surface area (Å²) in [7, 11) is 1.63. The van der Waals surface area contributed by atoms with E-state index in [0.29, 0.717) is 0 Å². The van der Waals surface area contributed by atoms with Gasteiger partial charge in [0, 0.05) is 11.1 Å². The van der Waals surface area contributed by atoms with Gasteiger partial charge >= 0.3 is 0 Å². The Labute approximate surface area is 154 Å². The molecule has 0 saturated carbocycles. The number of aryl methyl sites for hydroxylation is 1. The highest BCUT2D eigenvalue weighted by molar-refractivity contribution is 5.62. The van der Waals surface area contributed by atoms with E-state index in [1.807, 2.05) is 19.1 Å². The highest BCUT2D eigenvalue weighted by Gasteiger charge is 2.28. The van der Waals surface area contributed by atoms with Crippen molar-refractivity contribution in [2.24, 2.45) is 0 Å². The number of methoxy groups -OCH3 is 1.